The van der Waals surface area contributed by atoms with Gasteiger partial charge in [-0.1, -0.05) is 6.92 Å². The van der Waals surface area contributed by atoms with Crippen molar-refractivity contribution < 1.29 is 54.1 Å². The van der Waals surface area contributed by atoms with Crippen LogP contribution < -0.4 is 0 Å². The number of hydrogen-bond donors (Lipinski definition) is 5. The Morgan fingerprint density at radius 2 is 1.75 bits per heavy atom. The lowest BCUT2D eigenvalue weighted by molar-refractivity contribution is -0.274. The highest BCUT2D eigenvalue weighted by molar-refractivity contribution is 5.86. The van der Waals surface area contributed by atoms with Crippen molar-refractivity contribution >= 4 is 17.7 Å². The molecular weight excluding hydrogens is 524 g/mol. The minimum absolute atomic E-state index is 0.133. The second-order valence-electron chi connectivity index (χ2n) is 13.3. The molecule has 4 aliphatic carbocycles. The number of ketones is 1. The van der Waals surface area contributed by atoms with Crippen LogP contribution in [0.4, 0.5) is 0 Å². The van der Waals surface area contributed by atoms with Crippen LogP contribution in [0.2, 0.25) is 0 Å². The average Bonchev–Trinajstić information content (AvgIpc) is 3.45. The number of carbonyl (C=O) groups is 3. The van der Waals surface area contributed by atoms with Crippen LogP contribution in [0.5, 0.6) is 0 Å². The third-order valence-corrected chi connectivity index (χ3v) is 11.8. The van der Waals surface area contributed by atoms with E-state index in [1.807, 2.05) is 6.92 Å². The van der Waals surface area contributed by atoms with E-state index in [2.05, 4.69) is 0 Å². The van der Waals surface area contributed by atoms with Gasteiger partial charge in [-0.05, 0) is 75.2 Å². The summed E-state index contributed by atoms with van der Waals surface area (Å²) in [6.07, 6.45) is -2.29. The van der Waals surface area contributed by atoms with Gasteiger partial charge in [-0.3, -0.25) is 9.59 Å². The van der Waals surface area contributed by atoms with Crippen LogP contribution in [0.25, 0.3) is 0 Å². The lowest BCUT2D eigenvalue weighted by atomic mass is 9.41. The summed E-state index contributed by atoms with van der Waals surface area (Å²) in [6.45, 7) is 3.70. The summed E-state index contributed by atoms with van der Waals surface area (Å²) in [4.78, 5) is 37.4. The van der Waals surface area contributed by atoms with E-state index in [0.717, 1.165) is 5.57 Å². The Morgan fingerprint density at radius 1 is 1.02 bits per heavy atom. The van der Waals surface area contributed by atoms with Gasteiger partial charge in [0, 0.05) is 23.8 Å². The molecule has 13 atom stereocenters. The highest BCUT2D eigenvalue weighted by Crippen LogP contribution is 2.70. The lowest BCUT2D eigenvalue weighted by Gasteiger charge is -2.64. The van der Waals surface area contributed by atoms with Crippen LogP contribution in [0.1, 0.15) is 65.2 Å². The smallest absolute Gasteiger partial charge is 0.331 e. The number of Topliss-reactive ketones (excluding diaryl/α,β-unsaturated/α-hetero) is 1. The highest BCUT2D eigenvalue weighted by Gasteiger charge is 2.73. The SMILES string of the molecule is CC1CC(O)C(=O)C(OC2CC[C@]3(C(=O)O)C4CC(O)[C@]5(C)C(C6=CC(=O)OC6)CC[C@]5(O)C4CC[C@H]3[C@@H]2O)O1. The first-order valence-electron chi connectivity index (χ1n) is 14.6. The number of esters is 1. The number of ether oxygens (including phenoxy) is 3. The molecule has 0 radical (unpaired) electrons. The van der Waals surface area contributed by atoms with Gasteiger partial charge >= 0.3 is 11.9 Å². The Morgan fingerprint density at radius 3 is 2.42 bits per heavy atom. The fourth-order valence-corrected chi connectivity index (χ4v) is 9.79. The topological polar surface area (TPSA) is 180 Å². The molecule has 0 amide bonds. The Bertz CT molecular complexity index is 1120. The molecule has 1 saturated heterocycles. The van der Waals surface area contributed by atoms with E-state index in [-0.39, 0.29) is 38.2 Å². The fraction of sp³-hybridized carbons (Fsp3) is 0.828. The normalized spacial score (nSPS) is 52.3. The van der Waals surface area contributed by atoms with E-state index in [1.165, 1.54) is 6.08 Å². The third kappa shape index (κ3) is 3.74. The van der Waals surface area contributed by atoms with Crippen molar-refractivity contribution in [2.75, 3.05) is 6.61 Å². The van der Waals surface area contributed by atoms with Crippen molar-refractivity contribution in [3.05, 3.63) is 11.6 Å². The molecule has 6 aliphatic rings. The fourth-order valence-electron chi connectivity index (χ4n) is 9.79. The zero-order chi connectivity index (χ0) is 28.8. The molecule has 2 aliphatic heterocycles. The molecule has 11 nitrogen and oxygen atoms in total. The number of carboxylic acids is 1. The second kappa shape index (κ2) is 9.57. The summed E-state index contributed by atoms with van der Waals surface area (Å²) in [6, 6.07) is 0. The van der Waals surface area contributed by atoms with E-state index < -0.39 is 88.7 Å². The molecule has 8 unspecified atom stereocenters. The summed E-state index contributed by atoms with van der Waals surface area (Å²) in [5.41, 5.74) is -2.97. The molecule has 0 aromatic heterocycles. The van der Waals surface area contributed by atoms with Crippen molar-refractivity contribution in [2.45, 2.75) is 108 Å². The van der Waals surface area contributed by atoms with E-state index >= 15 is 0 Å². The minimum Gasteiger partial charge on any atom is -0.481 e. The quantitative estimate of drug-likeness (QED) is 0.240. The summed E-state index contributed by atoms with van der Waals surface area (Å²) < 4.78 is 16.6. The van der Waals surface area contributed by atoms with E-state index in [0.29, 0.717) is 25.7 Å². The number of carbonyl (C=O) groups excluding carboxylic acids is 2. The third-order valence-electron chi connectivity index (χ3n) is 11.8. The van der Waals surface area contributed by atoms with Gasteiger partial charge < -0.3 is 39.7 Å². The Hall–Kier alpha value is -1.89. The first kappa shape index (κ1) is 28.2. The molecule has 5 fully saturated rings. The van der Waals surface area contributed by atoms with Crippen LogP contribution in [-0.2, 0) is 28.6 Å². The number of aliphatic hydroxyl groups excluding tert-OH is 3. The number of aliphatic hydroxyl groups is 4. The summed E-state index contributed by atoms with van der Waals surface area (Å²) in [5.74, 6) is -4.09. The molecule has 222 valence electrons. The van der Waals surface area contributed by atoms with E-state index in [4.69, 9.17) is 14.2 Å². The summed E-state index contributed by atoms with van der Waals surface area (Å²) in [5, 5.41) is 56.3. The predicted molar refractivity (Wildman–Crippen MR) is 135 cm³/mol. The van der Waals surface area contributed by atoms with Crippen LogP contribution in [0.3, 0.4) is 0 Å². The summed E-state index contributed by atoms with van der Waals surface area (Å²) >= 11 is 0. The monoisotopic (exact) mass is 564 g/mol. The van der Waals surface area contributed by atoms with E-state index in [9.17, 15) is 39.9 Å². The van der Waals surface area contributed by atoms with Crippen LogP contribution in [0.15, 0.2) is 11.6 Å². The van der Waals surface area contributed by atoms with Gasteiger partial charge in [-0.15, -0.1) is 0 Å². The Labute approximate surface area is 232 Å². The Kier molecular flexibility index (Phi) is 6.76. The van der Waals surface area contributed by atoms with Crippen LogP contribution >= 0.6 is 0 Å². The molecule has 0 aromatic rings. The molecule has 0 spiro atoms. The van der Waals surface area contributed by atoms with Crippen LogP contribution in [0, 0.1) is 34.5 Å². The molecule has 4 saturated carbocycles. The molecule has 40 heavy (non-hydrogen) atoms. The first-order chi connectivity index (χ1) is 18.8. The zero-order valence-electron chi connectivity index (χ0n) is 22.9. The van der Waals surface area contributed by atoms with Crippen molar-refractivity contribution in [1.82, 2.24) is 0 Å². The van der Waals surface area contributed by atoms with Gasteiger partial charge in [0.05, 0.1) is 35.4 Å². The van der Waals surface area contributed by atoms with Gasteiger partial charge in [-0.25, -0.2) is 4.79 Å². The van der Waals surface area contributed by atoms with Crippen molar-refractivity contribution in [3.63, 3.8) is 0 Å². The first-order valence-corrected chi connectivity index (χ1v) is 14.6. The molecule has 5 N–H and O–H groups in total. The van der Waals surface area contributed by atoms with Crippen LogP contribution in [-0.4, -0.2) is 92.3 Å². The number of carboxylic acid groups (broad SMARTS) is 1. The van der Waals surface area contributed by atoms with Crippen molar-refractivity contribution in [3.8, 4) is 0 Å². The number of fused-ring (bicyclic) bond motifs is 5. The maximum atomic E-state index is 13.1. The zero-order valence-corrected chi connectivity index (χ0v) is 22.9. The maximum Gasteiger partial charge on any atom is 0.331 e. The standard InChI is InChI=1S/C29H40O11/c1-13-9-19(30)24(34)25(39-13)40-20-6-7-28(26(35)36)17(23(20)33)4-3-16-18(28)11-21(31)27(2)15(5-8-29(16,27)37)14-10-22(32)38-12-14/h10,13,15-21,23,25,30-31,33,37H,3-9,11-12H2,1-2H3,(H,35,36)/t13?,15?,16?,17-,18?,19?,20?,21?,23-,25?,27-,28+,29-/m0/s1. The molecular formula is C29H40O11. The highest BCUT2D eigenvalue weighted by atomic mass is 16.7. The molecule has 0 bridgehead atoms. The predicted octanol–water partition coefficient (Wildman–Crippen LogP) is 0.700. The molecule has 0 aromatic carbocycles. The molecule has 11 heteroatoms. The van der Waals surface area contributed by atoms with E-state index in [1.54, 1.807) is 6.92 Å². The van der Waals surface area contributed by atoms with Gasteiger partial charge in [-0.2, -0.15) is 0 Å². The number of aliphatic carboxylic acids is 1. The van der Waals surface area contributed by atoms with Crippen molar-refractivity contribution in [2.24, 2.45) is 34.5 Å². The van der Waals surface area contributed by atoms with Gasteiger partial charge in [0.25, 0.3) is 0 Å². The lowest BCUT2D eigenvalue weighted by Crippen LogP contribution is -2.70. The van der Waals surface area contributed by atoms with Gasteiger partial charge in [0.15, 0.2) is 0 Å². The number of rotatable bonds is 4. The largest absolute Gasteiger partial charge is 0.481 e. The number of hydrogen-bond acceptors (Lipinski definition) is 10. The molecule has 6 rings (SSSR count). The van der Waals surface area contributed by atoms with Crippen molar-refractivity contribution in [1.29, 1.82) is 0 Å². The average molecular weight is 565 g/mol. The molecule has 2 heterocycles. The minimum atomic E-state index is -1.39. The summed E-state index contributed by atoms with van der Waals surface area (Å²) in [7, 11) is 0. The van der Waals surface area contributed by atoms with Gasteiger partial charge in [0.1, 0.15) is 12.7 Å². The second-order valence-corrected chi connectivity index (χ2v) is 13.3. The number of cyclic esters (lactones) is 1. The van der Waals surface area contributed by atoms with Gasteiger partial charge in [0.2, 0.25) is 12.1 Å². The Balaban J connectivity index is 1.28. The maximum absolute atomic E-state index is 13.1.